The highest BCUT2D eigenvalue weighted by Gasteiger charge is 2.67. The zero-order valence-electron chi connectivity index (χ0n) is 18.5. The van der Waals surface area contributed by atoms with E-state index in [0.29, 0.717) is 6.42 Å². The molecule has 166 valence electrons. The molecule has 6 heteroatoms. The summed E-state index contributed by atoms with van der Waals surface area (Å²) in [5, 5.41) is 0. The zero-order valence-corrected chi connectivity index (χ0v) is 18.5. The van der Waals surface area contributed by atoms with Crippen molar-refractivity contribution >= 4 is 11.9 Å². The van der Waals surface area contributed by atoms with Crippen molar-refractivity contribution in [3.63, 3.8) is 0 Å². The highest BCUT2D eigenvalue weighted by Crippen LogP contribution is 2.55. The van der Waals surface area contributed by atoms with Gasteiger partial charge >= 0.3 is 11.9 Å². The molecule has 0 spiro atoms. The van der Waals surface area contributed by atoms with Gasteiger partial charge in [0.2, 0.25) is 0 Å². The second kappa shape index (κ2) is 11.1. The standard InChI is InChI=1S/C23H38O6/c1-5-8-10-14-22(4,29-19-12-9-11-16-28-19)15-13-18-17-23(18,20(24)26-6-2)21(25)27-7-3/h13,15,18-19H,5-12,14,16-17H2,1-4H3. The number of allylic oxidation sites excluding steroid dienone is 1. The molecule has 6 nitrogen and oxygen atoms in total. The van der Waals surface area contributed by atoms with Gasteiger partial charge in [-0.25, -0.2) is 0 Å². The van der Waals surface area contributed by atoms with Crippen LogP contribution >= 0.6 is 0 Å². The van der Waals surface area contributed by atoms with Crippen LogP contribution < -0.4 is 0 Å². The van der Waals surface area contributed by atoms with E-state index in [2.05, 4.69) is 13.8 Å². The summed E-state index contributed by atoms with van der Waals surface area (Å²) in [5.41, 5.74) is -1.69. The van der Waals surface area contributed by atoms with Crippen LogP contribution in [-0.2, 0) is 28.5 Å². The molecular formula is C23H38O6. The van der Waals surface area contributed by atoms with E-state index >= 15 is 0 Å². The highest BCUT2D eigenvalue weighted by atomic mass is 16.7. The van der Waals surface area contributed by atoms with E-state index < -0.39 is 23.0 Å². The fourth-order valence-corrected chi connectivity index (χ4v) is 3.92. The molecule has 29 heavy (non-hydrogen) atoms. The van der Waals surface area contributed by atoms with Crippen LogP contribution in [0.2, 0.25) is 0 Å². The molecule has 2 rings (SSSR count). The summed E-state index contributed by atoms with van der Waals surface area (Å²) >= 11 is 0. The second-order valence-electron chi connectivity index (χ2n) is 8.27. The Morgan fingerprint density at radius 2 is 1.79 bits per heavy atom. The minimum absolute atomic E-state index is 0.195. The minimum Gasteiger partial charge on any atom is -0.465 e. The summed E-state index contributed by atoms with van der Waals surface area (Å²) in [7, 11) is 0. The highest BCUT2D eigenvalue weighted by molar-refractivity contribution is 6.04. The van der Waals surface area contributed by atoms with Crippen LogP contribution in [0.3, 0.4) is 0 Å². The maximum atomic E-state index is 12.5. The van der Waals surface area contributed by atoms with Crippen LogP contribution in [0.15, 0.2) is 12.2 Å². The van der Waals surface area contributed by atoms with Crippen molar-refractivity contribution in [2.45, 2.75) is 91.0 Å². The number of esters is 2. The van der Waals surface area contributed by atoms with Crippen molar-refractivity contribution in [1.29, 1.82) is 0 Å². The lowest BCUT2D eigenvalue weighted by Gasteiger charge is -2.33. The van der Waals surface area contributed by atoms with Gasteiger partial charge in [0, 0.05) is 12.5 Å². The van der Waals surface area contributed by atoms with Crippen LogP contribution in [0.5, 0.6) is 0 Å². The average Bonchev–Trinajstić information content (AvgIpc) is 3.44. The number of hydrogen-bond acceptors (Lipinski definition) is 6. The summed E-state index contributed by atoms with van der Waals surface area (Å²) in [6, 6.07) is 0. The van der Waals surface area contributed by atoms with E-state index in [9.17, 15) is 9.59 Å². The second-order valence-corrected chi connectivity index (χ2v) is 8.27. The van der Waals surface area contributed by atoms with Gasteiger partial charge in [-0.3, -0.25) is 9.59 Å². The zero-order chi connectivity index (χ0) is 21.3. The predicted molar refractivity (Wildman–Crippen MR) is 110 cm³/mol. The lowest BCUT2D eigenvalue weighted by molar-refractivity contribution is -0.208. The third-order valence-corrected chi connectivity index (χ3v) is 5.79. The van der Waals surface area contributed by atoms with Crippen molar-refractivity contribution in [1.82, 2.24) is 0 Å². The number of carbonyl (C=O) groups is 2. The molecule has 2 aliphatic rings. The molecule has 0 aromatic carbocycles. The van der Waals surface area contributed by atoms with Gasteiger partial charge in [0.25, 0.3) is 0 Å². The number of unbranched alkanes of at least 4 members (excludes halogenated alkanes) is 2. The Labute approximate surface area is 175 Å². The van der Waals surface area contributed by atoms with Gasteiger partial charge < -0.3 is 18.9 Å². The summed E-state index contributed by atoms with van der Waals surface area (Å²) in [6.07, 6.45) is 11.5. The van der Waals surface area contributed by atoms with Gasteiger partial charge in [0.15, 0.2) is 11.7 Å². The Hall–Kier alpha value is -1.40. The van der Waals surface area contributed by atoms with Crippen molar-refractivity contribution in [2.24, 2.45) is 11.3 Å². The number of rotatable bonds is 12. The van der Waals surface area contributed by atoms with Gasteiger partial charge in [-0.2, -0.15) is 0 Å². The van der Waals surface area contributed by atoms with E-state index in [0.717, 1.165) is 51.6 Å². The first-order chi connectivity index (χ1) is 13.9. The topological polar surface area (TPSA) is 71.1 Å². The lowest BCUT2D eigenvalue weighted by Crippen LogP contribution is -2.35. The SMILES string of the molecule is CCCCCC(C)(C=CC1CC1(C(=O)OCC)C(=O)OCC)OC1CCCCO1. The molecule has 1 saturated heterocycles. The molecule has 1 saturated carbocycles. The van der Waals surface area contributed by atoms with Crippen LogP contribution in [0, 0.1) is 11.3 Å². The molecule has 0 aromatic rings. The molecule has 3 unspecified atom stereocenters. The van der Waals surface area contributed by atoms with Gasteiger partial charge in [-0.05, 0) is 52.9 Å². The molecular weight excluding hydrogens is 372 g/mol. The monoisotopic (exact) mass is 410 g/mol. The predicted octanol–water partition coefficient (Wildman–Crippen LogP) is 4.56. The first kappa shape index (κ1) is 23.9. The number of ether oxygens (including phenoxy) is 4. The molecule has 0 N–H and O–H groups in total. The van der Waals surface area contributed by atoms with Gasteiger partial charge in [0.1, 0.15) is 0 Å². The number of hydrogen-bond donors (Lipinski definition) is 0. The van der Waals surface area contributed by atoms with Crippen LogP contribution in [0.1, 0.15) is 79.1 Å². The number of carbonyl (C=O) groups excluding carboxylic acids is 2. The van der Waals surface area contributed by atoms with E-state index in [1.54, 1.807) is 13.8 Å². The first-order valence-corrected chi connectivity index (χ1v) is 11.2. The van der Waals surface area contributed by atoms with E-state index in [-0.39, 0.29) is 25.4 Å². The largest absolute Gasteiger partial charge is 0.465 e. The summed E-state index contributed by atoms with van der Waals surface area (Å²) in [5.74, 6) is -1.20. The maximum Gasteiger partial charge on any atom is 0.324 e. The molecule has 0 bridgehead atoms. The molecule has 2 fully saturated rings. The quantitative estimate of drug-likeness (QED) is 0.203. The van der Waals surface area contributed by atoms with Crippen molar-refractivity contribution in [3.8, 4) is 0 Å². The van der Waals surface area contributed by atoms with Crippen molar-refractivity contribution < 1.29 is 28.5 Å². The third kappa shape index (κ3) is 6.29. The summed E-state index contributed by atoms with van der Waals surface area (Å²) in [4.78, 5) is 25.0. The molecule has 0 aromatic heterocycles. The fraction of sp³-hybridized carbons (Fsp3) is 0.826. The minimum atomic E-state index is -1.20. The Morgan fingerprint density at radius 3 is 2.34 bits per heavy atom. The lowest BCUT2D eigenvalue weighted by atomic mass is 9.95. The van der Waals surface area contributed by atoms with Gasteiger partial charge in [-0.1, -0.05) is 38.3 Å². The maximum absolute atomic E-state index is 12.5. The molecule has 0 amide bonds. The third-order valence-electron chi connectivity index (χ3n) is 5.79. The Kier molecular flexibility index (Phi) is 9.15. The van der Waals surface area contributed by atoms with E-state index in [1.165, 1.54) is 0 Å². The molecule has 1 aliphatic heterocycles. The Morgan fingerprint density at radius 1 is 1.10 bits per heavy atom. The first-order valence-electron chi connectivity index (χ1n) is 11.2. The van der Waals surface area contributed by atoms with Crippen molar-refractivity contribution in [2.75, 3.05) is 19.8 Å². The van der Waals surface area contributed by atoms with E-state index in [4.69, 9.17) is 18.9 Å². The molecule has 1 aliphatic carbocycles. The normalized spacial score (nSPS) is 25.4. The van der Waals surface area contributed by atoms with Crippen molar-refractivity contribution in [3.05, 3.63) is 12.2 Å². The molecule has 3 atom stereocenters. The Balaban J connectivity index is 2.11. The van der Waals surface area contributed by atoms with E-state index in [1.807, 2.05) is 12.2 Å². The van der Waals surface area contributed by atoms with Gasteiger partial charge in [-0.15, -0.1) is 0 Å². The smallest absolute Gasteiger partial charge is 0.324 e. The Bertz CT molecular complexity index is 548. The molecule has 0 radical (unpaired) electrons. The average molecular weight is 411 g/mol. The van der Waals surface area contributed by atoms with Crippen LogP contribution in [0.25, 0.3) is 0 Å². The summed E-state index contributed by atoms with van der Waals surface area (Å²) in [6.45, 7) is 8.95. The van der Waals surface area contributed by atoms with Crippen LogP contribution in [0.4, 0.5) is 0 Å². The van der Waals surface area contributed by atoms with Gasteiger partial charge in [0.05, 0.1) is 18.8 Å². The molecule has 1 heterocycles. The van der Waals surface area contributed by atoms with Crippen LogP contribution in [-0.4, -0.2) is 43.7 Å². The fourth-order valence-electron chi connectivity index (χ4n) is 3.92. The summed E-state index contributed by atoms with van der Waals surface area (Å²) < 4.78 is 22.5.